The molecule has 26 heavy (non-hydrogen) atoms. The summed E-state index contributed by atoms with van der Waals surface area (Å²) in [7, 11) is 0. The van der Waals surface area contributed by atoms with Crippen LogP contribution in [0, 0.1) is 0 Å². The smallest absolute Gasteiger partial charge is 0.333 e. The van der Waals surface area contributed by atoms with Crippen LogP contribution in [0.15, 0.2) is 36.5 Å². The normalized spacial score (nSPS) is 10.6. The van der Waals surface area contributed by atoms with Crippen LogP contribution in [0.25, 0.3) is 11.2 Å². The second kappa shape index (κ2) is 7.63. The van der Waals surface area contributed by atoms with E-state index in [9.17, 15) is 9.90 Å². The number of carbonyl (C=O) groups excluding carboxylic acids is 1. The lowest BCUT2D eigenvalue weighted by Crippen LogP contribution is -2.34. The van der Waals surface area contributed by atoms with Gasteiger partial charge in [-0.15, -0.1) is 0 Å². The number of thiol groups is 1. The van der Waals surface area contributed by atoms with Crippen LogP contribution in [-0.4, -0.2) is 32.6 Å². The van der Waals surface area contributed by atoms with Gasteiger partial charge in [0, 0.05) is 12.2 Å². The molecule has 3 N–H and O–H groups in total. The van der Waals surface area contributed by atoms with Crippen molar-refractivity contribution in [2.24, 2.45) is 0 Å². The first-order chi connectivity index (χ1) is 12.5. The number of hydrogen-bond donors (Lipinski definition) is 4. The van der Waals surface area contributed by atoms with Crippen LogP contribution in [0.1, 0.15) is 6.92 Å². The third-order valence-corrected chi connectivity index (χ3v) is 4.04. The van der Waals surface area contributed by atoms with E-state index in [4.69, 9.17) is 11.6 Å². The molecule has 10 heteroatoms. The van der Waals surface area contributed by atoms with Gasteiger partial charge in [-0.05, 0) is 37.3 Å². The Labute approximate surface area is 159 Å². The van der Waals surface area contributed by atoms with E-state index >= 15 is 0 Å². The van der Waals surface area contributed by atoms with Crippen molar-refractivity contribution in [2.75, 3.05) is 16.2 Å². The molecule has 0 saturated carbocycles. The first-order valence-electron chi connectivity index (χ1n) is 7.64. The highest BCUT2D eigenvalue weighted by Gasteiger charge is 2.14. The third kappa shape index (κ3) is 3.89. The SMILES string of the molecule is CCNC(=O)N(S)c1cnc2ccc(Nc3ccc(O)c(Cl)c3)nc2n1. The molecule has 0 aliphatic heterocycles. The number of urea groups is 1. The Morgan fingerprint density at radius 2 is 2.12 bits per heavy atom. The van der Waals surface area contributed by atoms with E-state index in [0.29, 0.717) is 29.2 Å². The fourth-order valence-electron chi connectivity index (χ4n) is 2.12. The van der Waals surface area contributed by atoms with E-state index in [1.807, 2.05) is 0 Å². The number of aromatic hydroxyl groups is 1. The molecule has 8 nitrogen and oxygen atoms in total. The van der Waals surface area contributed by atoms with Crippen LogP contribution < -0.4 is 14.9 Å². The highest BCUT2D eigenvalue weighted by molar-refractivity contribution is 7.82. The van der Waals surface area contributed by atoms with Crippen molar-refractivity contribution in [3.05, 3.63) is 41.6 Å². The molecule has 0 fully saturated rings. The molecule has 0 saturated heterocycles. The zero-order chi connectivity index (χ0) is 18.7. The van der Waals surface area contributed by atoms with Gasteiger partial charge in [-0.3, -0.25) is 0 Å². The number of carbonyl (C=O) groups is 1. The number of phenols is 1. The number of fused-ring (bicyclic) bond motifs is 1. The number of pyridine rings is 1. The minimum absolute atomic E-state index is 0.00146. The average molecular weight is 391 g/mol. The molecule has 0 aliphatic rings. The monoisotopic (exact) mass is 390 g/mol. The first-order valence-corrected chi connectivity index (χ1v) is 8.42. The lowest BCUT2D eigenvalue weighted by molar-refractivity contribution is 0.250. The van der Waals surface area contributed by atoms with Crippen molar-refractivity contribution in [3.8, 4) is 5.75 Å². The predicted octanol–water partition coefficient (Wildman–Crippen LogP) is 3.51. The average Bonchev–Trinajstić information content (AvgIpc) is 2.63. The lowest BCUT2D eigenvalue weighted by atomic mass is 10.3. The Hall–Kier alpha value is -2.78. The van der Waals surface area contributed by atoms with E-state index < -0.39 is 6.03 Å². The van der Waals surface area contributed by atoms with Crippen LogP contribution in [0.4, 0.5) is 22.1 Å². The van der Waals surface area contributed by atoms with E-state index in [2.05, 4.69) is 38.4 Å². The largest absolute Gasteiger partial charge is 0.506 e. The molecule has 0 spiro atoms. The quantitative estimate of drug-likeness (QED) is 0.401. The van der Waals surface area contributed by atoms with Crippen molar-refractivity contribution in [1.29, 1.82) is 0 Å². The maximum Gasteiger partial charge on any atom is 0.333 e. The summed E-state index contributed by atoms with van der Waals surface area (Å²) in [5.41, 5.74) is 1.57. The summed E-state index contributed by atoms with van der Waals surface area (Å²) in [5, 5.41) is 15.4. The second-order valence-electron chi connectivity index (χ2n) is 5.21. The summed E-state index contributed by atoms with van der Waals surface area (Å²) in [6.07, 6.45) is 1.44. The van der Waals surface area contributed by atoms with Crippen molar-refractivity contribution in [3.63, 3.8) is 0 Å². The number of benzene rings is 1. The summed E-state index contributed by atoms with van der Waals surface area (Å²) in [5.74, 6) is 0.761. The third-order valence-electron chi connectivity index (χ3n) is 3.35. The van der Waals surface area contributed by atoms with Gasteiger partial charge in [-0.25, -0.2) is 24.1 Å². The topological polar surface area (TPSA) is 103 Å². The minimum atomic E-state index is -0.405. The van der Waals surface area contributed by atoms with Gasteiger partial charge in [0.05, 0.1) is 11.2 Å². The van der Waals surface area contributed by atoms with E-state index in [0.717, 1.165) is 4.31 Å². The lowest BCUT2D eigenvalue weighted by Gasteiger charge is -2.14. The zero-order valence-electron chi connectivity index (χ0n) is 13.6. The standard InChI is InChI=1S/C16H15ClN6O2S/c1-2-18-16(25)23(26)14-8-19-11-4-6-13(21-15(11)22-14)20-9-3-5-12(24)10(17)7-9/h3-8,24,26H,2H2,1H3,(H,18,25)(H,20,21,22). The molecule has 2 heterocycles. The molecule has 2 aromatic heterocycles. The Bertz CT molecular complexity index is 971. The van der Waals surface area contributed by atoms with Crippen molar-refractivity contribution in [2.45, 2.75) is 6.92 Å². The molecular formula is C16H15ClN6O2S. The van der Waals surface area contributed by atoms with Crippen LogP contribution in [0.3, 0.4) is 0 Å². The zero-order valence-corrected chi connectivity index (χ0v) is 15.3. The predicted molar refractivity (Wildman–Crippen MR) is 104 cm³/mol. The Morgan fingerprint density at radius 3 is 2.85 bits per heavy atom. The summed E-state index contributed by atoms with van der Waals surface area (Å²) in [6.45, 7) is 2.28. The molecule has 0 unspecified atom stereocenters. The Kier molecular flexibility index (Phi) is 5.29. The molecule has 134 valence electrons. The fraction of sp³-hybridized carbons (Fsp3) is 0.125. The van der Waals surface area contributed by atoms with Gasteiger partial charge in [0.25, 0.3) is 0 Å². The molecule has 0 radical (unpaired) electrons. The summed E-state index contributed by atoms with van der Waals surface area (Å²) in [6, 6.07) is 7.81. The highest BCUT2D eigenvalue weighted by atomic mass is 35.5. The van der Waals surface area contributed by atoms with Crippen LogP contribution in [-0.2, 0) is 0 Å². The van der Waals surface area contributed by atoms with Gasteiger partial charge in [0.15, 0.2) is 11.5 Å². The van der Waals surface area contributed by atoms with Gasteiger partial charge in [-0.2, -0.15) is 0 Å². The highest BCUT2D eigenvalue weighted by Crippen LogP contribution is 2.28. The van der Waals surface area contributed by atoms with Crippen molar-refractivity contribution >= 4 is 58.9 Å². The Morgan fingerprint density at radius 1 is 1.31 bits per heavy atom. The van der Waals surface area contributed by atoms with Crippen LogP contribution in [0.2, 0.25) is 5.02 Å². The number of hydrogen-bond acceptors (Lipinski definition) is 7. The molecule has 1 aromatic carbocycles. The summed E-state index contributed by atoms with van der Waals surface area (Å²) in [4.78, 5) is 24.8. The molecule has 0 aliphatic carbocycles. The summed E-state index contributed by atoms with van der Waals surface area (Å²) >= 11 is 10.0. The first kappa shape index (κ1) is 18.0. The van der Waals surface area contributed by atoms with E-state index in [-0.39, 0.29) is 16.6 Å². The molecule has 0 atom stereocenters. The van der Waals surface area contributed by atoms with Gasteiger partial charge in [0.2, 0.25) is 0 Å². The number of nitrogens with one attached hydrogen (secondary N) is 2. The Balaban J connectivity index is 1.89. The minimum Gasteiger partial charge on any atom is -0.506 e. The maximum atomic E-state index is 11.9. The van der Waals surface area contributed by atoms with Crippen LogP contribution in [0.5, 0.6) is 5.75 Å². The van der Waals surface area contributed by atoms with Gasteiger partial charge in [-0.1, -0.05) is 24.4 Å². The maximum absolute atomic E-state index is 11.9. The molecule has 3 rings (SSSR count). The van der Waals surface area contributed by atoms with E-state index in [1.54, 1.807) is 31.2 Å². The number of anilines is 3. The second-order valence-corrected chi connectivity index (χ2v) is 6.01. The molecule has 0 bridgehead atoms. The van der Waals surface area contributed by atoms with Crippen LogP contribution >= 0.6 is 24.4 Å². The van der Waals surface area contributed by atoms with Gasteiger partial charge < -0.3 is 15.7 Å². The van der Waals surface area contributed by atoms with Crippen molar-refractivity contribution in [1.82, 2.24) is 20.3 Å². The number of amides is 2. The van der Waals surface area contributed by atoms with E-state index in [1.165, 1.54) is 12.3 Å². The summed E-state index contributed by atoms with van der Waals surface area (Å²) < 4.78 is 1.07. The molecule has 3 aromatic rings. The molecule has 2 amide bonds. The molecular weight excluding hydrogens is 376 g/mol. The number of phenolic OH excluding ortho intramolecular Hbond substituents is 1. The van der Waals surface area contributed by atoms with Gasteiger partial charge >= 0.3 is 6.03 Å². The number of nitrogens with zero attached hydrogens (tertiary/aromatic N) is 4. The number of halogens is 1. The van der Waals surface area contributed by atoms with Gasteiger partial charge in [0.1, 0.15) is 17.1 Å². The number of rotatable bonds is 4. The van der Waals surface area contributed by atoms with Crippen molar-refractivity contribution < 1.29 is 9.90 Å². The number of aromatic nitrogens is 3. The fourth-order valence-corrected chi connectivity index (χ4v) is 2.47.